The van der Waals surface area contributed by atoms with Gasteiger partial charge in [0.1, 0.15) is 5.03 Å². The summed E-state index contributed by atoms with van der Waals surface area (Å²) in [6.07, 6.45) is 8.20. The number of nitrogens with zero attached hydrogens (tertiary/aromatic N) is 2. The first kappa shape index (κ1) is 15.6. The van der Waals surface area contributed by atoms with Gasteiger partial charge < -0.3 is 5.32 Å². The van der Waals surface area contributed by atoms with E-state index in [1.54, 1.807) is 6.20 Å². The SMILES string of the molecule is C=C[C@H]1CN2CC[C@@H]1C[C@@H]2CNC(=O)c1cccnc1SC. The highest BCUT2D eigenvalue weighted by atomic mass is 32.2. The first-order valence-corrected chi connectivity index (χ1v) is 9.09. The van der Waals surface area contributed by atoms with E-state index in [1.165, 1.54) is 24.6 Å². The standard InChI is InChI=1S/C17H23N3OS/c1-3-12-11-20-8-6-13(12)9-14(20)10-19-16(21)15-5-4-7-18-17(15)22-2/h3-5,7,12-14H,1,6,8-11H2,2H3,(H,19,21)/t12-,13+,14+/m0/s1. The van der Waals surface area contributed by atoms with Crippen molar-refractivity contribution in [3.05, 3.63) is 36.5 Å². The van der Waals surface area contributed by atoms with Gasteiger partial charge in [-0.1, -0.05) is 6.08 Å². The molecule has 4 rings (SSSR count). The summed E-state index contributed by atoms with van der Waals surface area (Å²) >= 11 is 1.51. The highest BCUT2D eigenvalue weighted by molar-refractivity contribution is 7.98. The molecule has 4 atom stereocenters. The minimum atomic E-state index is -0.0135. The second-order valence-electron chi connectivity index (χ2n) is 6.10. The molecule has 1 unspecified atom stereocenters. The van der Waals surface area contributed by atoms with Crippen LogP contribution in [0.3, 0.4) is 0 Å². The summed E-state index contributed by atoms with van der Waals surface area (Å²) in [5.74, 6) is 1.35. The Hall–Kier alpha value is -1.33. The Morgan fingerprint density at radius 1 is 1.64 bits per heavy atom. The maximum Gasteiger partial charge on any atom is 0.254 e. The van der Waals surface area contributed by atoms with Crippen LogP contribution in [0.15, 0.2) is 36.0 Å². The Morgan fingerprint density at radius 2 is 2.50 bits per heavy atom. The largest absolute Gasteiger partial charge is 0.350 e. The smallest absolute Gasteiger partial charge is 0.254 e. The summed E-state index contributed by atoms with van der Waals surface area (Å²) in [6, 6.07) is 4.12. The van der Waals surface area contributed by atoms with Gasteiger partial charge in [-0.3, -0.25) is 9.69 Å². The van der Waals surface area contributed by atoms with Crippen LogP contribution in [0.1, 0.15) is 23.2 Å². The lowest BCUT2D eigenvalue weighted by molar-refractivity contribution is 0.0195. The number of piperidine rings is 3. The van der Waals surface area contributed by atoms with Gasteiger partial charge in [-0.2, -0.15) is 0 Å². The third kappa shape index (κ3) is 3.06. The molecular formula is C17H23N3OS. The topological polar surface area (TPSA) is 45.2 Å². The lowest BCUT2D eigenvalue weighted by Gasteiger charge is -2.49. The van der Waals surface area contributed by atoms with Crippen LogP contribution < -0.4 is 5.32 Å². The average molecular weight is 317 g/mol. The number of nitrogens with one attached hydrogen (secondary N) is 1. The van der Waals surface area contributed by atoms with Crippen LogP contribution in [0.25, 0.3) is 0 Å². The van der Waals surface area contributed by atoms with Crippen molar-refractivity contribution in [2.75, 3.05) is 25.9 Å². The molecule has 22 heavy (non-hydrogen) atoms. The van der Waals surface area contributed by atoms with Gasteiger partial charge in [0.15, 0.2) is 0 Å². The normalized spacial score (nSPS) is 30.0. The Balaban J connectivity index is 1.59. The third-order valence-corrected chi connectivity index (χ3v) is 5.65. The Morgan fingerprint density at radius 3 is 3.18 bits per heavy atom. The minimum Gasteiger partial charge on any atom is -0.350 e. The molecule has 3 saturated heterocycles. The van der Waals surface area contributed by atoms with Crippen molar-refractivity contribution in [3.63, 3.8) is 0 Å². The molecule has 3 aliphatic heterocycles. The summed E-state index contributed by atoms with van der Waals surface area (Å²) < 4.78 is 0. The van der Waals surface area contributed by atoms with E-state index in [0.717, 1.165) is 30.6 Å². The fourth-order valence-corrected chi connectivity index (χ4v) is 4.24. The average Bonchev–Trinajstić information content (AvgIpc) is 2.59. The van der Waals surface area contributed by atoms with Gasteiger partial charge in [-0.25, -0.2) is 4.98 Å². The molecule has 0 aliphatic carbocycles. The molecule has 1 N–H and O–H groups in total. The summed E-state index contributed by atoms with van der Waals surface area (Å²) in [6.45, 7) is 6.93. The first-order chi connectivity index (χ1) is 10.7. The second kappa shape index (κ2) is 6.84. The van der Waals surface area contributed by atoms with Crippen LogP contribution in [0.5, 0.6) is 0 Å². The molecule has 1 amide bonds. The molecule has 3 fully saturated rings. The van der Waals surface area contributed by atoms with Crippen molar-refractivity contribution < 1.29 is 4.79 Å². The predicted octanol–water partition coefficient (Wildman–Crippen LogP) is 2.43. The number of hydrogen-bond donors (Lipinski definition) is 1. The van der Waals surface area contributed by atoms with E-state index in [4.69, 9.17) is 0 Å². The van der Waals surface area contributed by atoms with Crippen LogP contribution in [-0.2, 0) is 0 Å². The van der Waals surface area contributed by atoms with Crippen LogP contribution in [-0.4, -0.2) is 47.7 Å². The zero-order chi connectivity index (χ0) is 15.5. The molecule has 4 heterocycles. The van der Waals surface area contributed by atoms with Gasteiger partial charge in [-0.05, 0) is 49.6 Å². The van der Waals surface area contributed by atoms with Gasteiger partial charge in [0.2, 0.25) is 0 Å². The van der Waals surface area contributed by atoms with Crippen molar-refractivity contribution in [2.24, 2.45) is 11.8 Å². The summed E-state index contributed by atoms with van der Waals surface area (Å²) in [4.78, 5) is 19.2. The van der Waals surface area contributed by atoms with E-state index in [2.05, 4.69) is 27.9 Å². The van der Waals surface area contributed by atoms with Gasteiger partial charge in [0.25, 0.3) is 5.91 Å². The van der Waals surface area contributed by atoms with E-state index in [0.29, 0.717) is 17.5 Å². The Labute approximate surface area is 136 Å². The zero-order valence-electron chi connectivity index (χ0n) is 13.0. The zero-order valence-corrected chi connectivity index (χ0v) is 13.8. The van der Waals surface area contributed by atoms with Gasteiger partial charge in [-0.15, -0.1) is 18.3 Å². The van der Waals surface area contributed by atoms with E-state index in [1.807, 2.05) is 18.4 Å². The maximum atomic E-state index is 12.4. The highest BCUT2D eigenvalue weighted by Gasteiger charge is 2.38. The van der Waals surface area contributed by atoms with Gasteiger partial charge >= 0.3 is 0 Å². The number of aromatic nitrogens is 1. The molecule has 0 spiro atoms. The predicted molar refractivity (Wildman–Crippen MR) is 90.1 cm³/mol. The lowest BCUT2D eigenvalue weighted by atomic mass is 9.75. The van der Waals surface area contributed by atoms with Crippen LogP contribution in [0.4, 0.5) is 0 Å². The fraction of sp³-hybridized carbons (Fsp3) is 0.529. The van der Waals surface area contributed by atoms with Crippen molar-refractivity contribution in [2.45, 2.75) is 23.9 Å². The highest BCUT2D eigenvalue weighted by Crippen LogP contribution is 2.36. The molecule has 0 saturated carbocycles. The maximum absolute atomic E-state index is 12.4. The summed E-state index contributed by atoms with van der Waals surface area (Å²) in [5.41, 5.74) is 0.676. The number of carbonyl (C=O) groups is 1. The third-order valence-electron chi connectivity index (χ3n) is 4.94. The Kier molecular flexibility index (Phi) is 4.84. The lowest BCUT2D eigenvalue weighted by Crippen LogP contribution is -2.56. The van der Waals surface area contributed by atoms with Crippen molar-refractivity contribution >= 4 is 17.7 Å². The van der Waals surface area contributed by atoms with Gasteiger partial charge in [0.05, 0.1) is 5.56 Å². The molecular weight excluding hydrogens is 294 g/mol. The van der Waals surface area contributed by atoms with Crippen molar-refractivity contribution in [1.82, 2.24) is 15.2 Å². The number of rotatable bonds is 5. The van der Waals surface area contributed by atoms with E-state index >= 15 is 0 Å². The van der Waals surface area contributed by atoms with Crippen molar-refractivity contribution in [1.29, 1.82) is 0 Å². The second-order valence-corrected chi connectivity index (χ2v) is 6.90. The van der Waals surface area contributed by atoms with E-state index in [-0.39, 0.29) is 5.91 Å². The number of hydrogen-bond acceptors (Lipinski definition) is 4. The molecule has 1 aromatic rings. The first-order valence-electron chi connectivity index (χ1n) is 7.86. The molecule has 118 valence electrons. The fourth-order valence-electron chi connectivity index (χ4n) is 3.69. The summed E-state index contributed by atoms with van der Waals surface area (Å²) in [5, 5.41) is 3.89. The van der Waals surface area contributed by atoms with Crippen molar-refractivity contribution in [3.8, 4) is 0 Å². The molecule has 1 aromatic heterocycles. The number of pyridine rings is 1. The van der Waals surface area contributed by atoms with E-state index in [9.17, 15) is 4.79 Å². The van der Waals surface area contributed by atoms with Crippen LogP contribution >= 0.6 is 11.8 Å². The van der Waals surface area contributed by atoms with Gasteiger partial charge in [0, 0.05) is 25.3 Å². The number of fused-ring (bicyclic) bond motifs is 3. The van der Waals surface area contributed by atoms with Crippen LogP contribution in [0.2, 0.25) is 0 Å². The summed E-state index contributed by atoms with van der Waals surface area (Å²) in [7, 11) is 0. The molecule has 5 heteroatoms. The minimum absolute atomic E-state index is 0.0135. The molecule has 0 aromatic carbocycles. The number of carbonyl (C=O) groups excluding carboxylic acids is 1. The molecule has 4 nitrogen and oxygen atoms in total. The quantitative estimate of drug-likeness (QED) is 0.669. The van der Waals surface area contributed by atoms with Crippen LogP contribution in [0, 0.1) is 11.8 Å². The van der Waals surface area contributed by atoms with E-state index < -0.39 is 0 Å². The molecule has 2 bridgehead atoms. The number of amides is 1. The monoisotopic (exact) mass is 317 g/mol. The number of thioether (sulfide) groups is 1. The molecule has 0 radical (unpaired) electrons. The molecule has 3 aliphatic rings. The Bertz CT molecular complexity index is 563.